The summed E-state index contributed by atoms with van der Waals surface area (Å²) in [5.41, 5.74) is 7.95. The first-order valence-electron chi connectivity index (χ1n) is 7.35. The van der Waals surface area contributed by atoms with Gasteiger partial charge in [0.2, 0.25) is 5.91 Å². The fraction of sp³-hybridized carbons (Fsp3) is 0.562. The van der Waals surface area contributed by atoms with Gasteiger partial charge in [0.05, 0.1) is 0 Å². The maximum atomic E-state index is 12.4. The third-order valence-electron chi connectivity index (χ3n) is 4.09. The maximum absolute atomic E-state index is 12.4. The molecule has 0 spiro atoms. The first-order valence-corrected chi connectivity index (χ1v) is 7.35. The summed E-state index contributed by atoms with van der Waals surface area (Å²) in [6.07, 6.45) is 5.27. The van der Waals surface area contributed by atoms with Crippen LogP contribution in [0.5, 0.6) is 0 Å². The minimum absolute atomic E-state index is 0.0969. The van der Waals surface area contributed by atoms with Crippen molar-refractivity contribution in [3.63, 3.8) is 0 Å². The van der Waals surface area contributed by atoms with Gasteiger partial charge in [0.25, 0.3) is 0 Å². The molecule has 1 aliphatic carbocycles. The summed E-state index contributed by atoms with van der Waals surface area (Å²) in [6, 6.07) is 8.09. The molecule has 104 valence electrons. The molecule has 1 aromatic rings. The number of benzene rings is 1. The summed E-state index contributed by atoms with van der Waals surface area (Å²) in [6.45, 7) is 2.77. The number of carbonyl (C=O) groups excluding carboxylic acids is 1. The van der Waals surface area contributed by atoms with Gasteiger partial charge in [0.1, 0.15) is 0 Å². The molecule has 3 nitrogen and oxygen atoms in total. The normalized spacial score (nSPS) is 22.4. The molecule has 0 radical (unpaired) electrons. The van der Waals surface area contributed by atoms with E-state index in [2.05, 4.69) is 18.3 Å². The number of hydrogen-bond acceptors (Lipinski definition) is 2. The number of anilines is 1. The Hall–Kier alpha value is -1.35. The van der Waals surface area contributed by atoms with Crippen molar-refractivity contribution in [2.45, 2.75) is 39.0 Å². The molecule has 0 bridgehead atoms. The molecule has 2 unspecified atom stereocenters. The fourth-order valence-electron chi connectivity index (χ4n) is 3.02. The van der Waals surface area contributed by atoms with E-state index in [1.807, 2.05) is 18.2 Å². The van der Waals surface area contributed by atoms with E-state index in [0.717, 1.165) is 37.8 Å². The zero-order valence-corrected chi connectivity index (χ0v) is 11.7. The van der Waals surface area contributed by atoms with E-state index in [1.165, 1.54) is 5.56 Å². The Bertz CT molecular complexity index is 431. The Morgan fingerprint density at radius 3 is 2.89 bits per heavy atom. The Kier molecular flexibility index (Phi) is 4.97. The summed E-state index contributed by atoms with van der Waals surface area (Å²) in [5, 5.41) is 3.11. The van der Waals surface area contributed by atoms with Crippen molar-refractivity contribution in [2.24, 2.45) is 17.6 Å². The van der Waals surface area contributed by atoms with E-state index >= 15 is 0 Å². The van der Waals surface area contributed by atoms with Crippen molar-refractivity contribution >= 4 is 11.6 Å². The molecule has 0 aromatic heterocycles. The molecule has 0 aliphatic heterocycles. The summed E-state index contributed by atoms with van der Waals surface area (Å²) < 4.78 is 0. The van der Waals surface area contributed by atoms with Gasteiger partial charge in [0.15, 0.2) is 0 Å². The van der Waals surface area contributed by atoms with Gasteiger partial charge in [-0.15, -0.1) is 0 Å². The number of nitrogens with two attached hydrogens (primary N) is 1. The highest BCUT2D eigenvalue weighted by molar-refractivity contribution is 5.93. The van der Waals surface area contributed by atoms with Gasteiger partial charge in [-0.2, -0.15) is 0 Å². The molecule has 3 heteroatoms. The molecule has 0 saturated heterocycles. The predicted octanol–water partition coefficient (Wildman–Crippen LogP) is 2.95. The minimum Gasteiger partial charge on any atom is -0.330 e. The van der Waals surface area contributed by atoms with Crippen LogP contribution in [0.15, 0.2) is 24.3 Å². The maximum Gasteiger partial charge on any atom is 0.227 e. The van der Waals surface area contributed by atoms with Crippen molar-refractivity contribution in [3.8, 4) is 0 Å². The van der Waals surface area contributed by atoms with Gasteiger partial charge < -0.3 is 11.1 Å². The fourth-order valence-corrected chi connectivity index (χ4v) is 3.02. The van der Waals surface area contributed by atoms with Gasteiger partial charge in [-0.1, -0.05) is 38.0 Å². The lowest BCUT2D eigenvalue weighted by atomic mass is 9.95. The monoisotopic (exact) mass is 260 g/mol. The highest BCUT2D eigenvalue weighted by Crippen LogP contribution is 2.32. The highest BCUT2D eigenvalue weighted by atomic mass is 16.1. The first kappa shape index (κ1) is 14.1. The molecule has 0 heterocycles. The number of nitrogens with one attached hydrogen (secondary N) is 1. The van der Waals surface area contributed by atoms with Crippen molar-refractivity contribution in [3.05, 3.63) is 29.8 Å². The zero-order valence-electron chi connectivity index (χ0n) is 11.7. The quantitative estimate of drug-likeness (QED) is 0.855. The summed E-state index contributed by atoms with van der Waals surface area (Å²) in [4.78, 5) is 12.4. The van der Waals surface area contributed by atoms with Crippen LogP contribution in [0.4, 0.5) is 5.69 Å². The van der Waals surface area contributed by atoms with Gasteiger partial charge in [-0.3, -0.25) is 4.79 Å². The third-order valence-corrected chi connectivity index (χ3v) is 4.09. The molecular weight excluding hydrogens is 236 g/mol. The number of para-hydroxylation sites is 1. The van der Waals surface area contributed by atoms with Crippen LogP contribution < -0.4 is 11.1 Å². The van der Waals surface area contributed by atoms with Gasteiger partial charge in [0, 0.05) is 11.6 Å². The second kappa shape index (κ2) is 6.71. The molecule has 2 atom stereocenters. The average Bonchev–Trinajstić information content (AvgIpc) is 2.89. The average molecular weight is 260 g/mol. The summed E-state index contributed by atoms with van der Waals surface area (Å²) >= 11 is 0. The standard InChI is InChI=1S/C16H24N2O/c1-2-6-12-7-3-4-10-15(12)18-16(19)14-9-5-8-13(14)11-17/h3-4,7,10,13-14H,2,5-6,8-9,11,17H2,1H3,(H,18,19). The number of hydrogen-bond donors (Lipinski definition) is 2. The lowest BCUT2D eigenvalue weighted by molar-refractivity contribution is -0.120. The molecule has 3 N–H and O–H groups in total. The lowest BCUT2D eigenvalue weighted by Gasteiger charge is -2.18. The predicted molar refractivity (Wildman–Crippen MR) is 79.0 cm³/mol. The number of aryl methyl sites for hydroxylation is 1. The SMILES string of the molecule is CCCc1ccccc1NC(=O)C1CCCC1CN. The largest absolute Gasteiger partial charge is 0.330 e. The molecular formula is C16H24N2O. The zero-order chi connectivity index (χ0) is 13.7. The number of carbonyl (C=O) groups is 1. The Labute approximate surface area is 115 Å². The van der Waals surface area contributed by atoms with Crippen molar-refractivity contribution in [1.29, 1.82) is 0 Å². The molecule has 1 fully saturated rings. The lowest BCUT2D eigenvalue weighted by Crippen LogP contribution is -2.30. The number of amides is 1. The number of rotatable bonds is 5. The third kappa shape index (κ3) is 3.35. The van der Waals surface area contributed by atoms with E-state index in [-0.39, 0.29) is 11.8 Å². The highest BCUT2D eigenvalue weighted by Gasteiger charge is 2.32. The molecule has 1 amide bonds. The van der Waals surface area contributed by atoms with E-state index < -0.39 is 0 Å². The topological polar surface area (TPSA) is 55.1 Å². The van der Waals surface area contributed by atoms with Crippen LogP contribution in [-0.2, 0) is 11.2 Å². The molecule has 2 rings (SSSR count). The van der Waals surface area contributed by atoms with Crippen LogP contribution in [0.1, 0.15) is 38.2 Å². The van der Waals surface area contributed by atoms with Gasteiger partial charge in [-0.25, -0.2) is 0 Å². The van der Waals surface area contributed by atoms with Crippen molar-refractivity contribution < 1.29 is 4.79 Å². The van der Waals surface area contributed by atoms with Gasteiger partial charge >= 0.3 is 0 Å². The van der Waals surface area contributed by atoms with E-state index in [0.29, 0.717) is 12.5 Å². The minimum atomic E-state index is 0.0969. The summed E-state index contributed by atoms with van der Waals surface area (Å²) in [7, 11) is 0. The van der Waals surface area contributed by atoms with E-state index in [1.54, 1.807) is 0 Å². The Morgan fingerprint density at radius 1 is 1.37 bits per heavy atom. The van der Waals surface area contributed by atoms with Crippen LogP contribution in [0.3, 0.4) is 0 Å². The van der Waals surface area contributed by atoms with Gasteiger partial charge in [-0.05, 0) is 43.4 Å². The molecule has 1 saturated carbocycles. The Morgan fingerprint density at radius 2 is 2.16 bits per heavy atom. The Balaban J connectivity index is 2.06. The van der Waals surface area contributed by atoms with E-state index in [9.17, 15) is 4.79 Å². The van der Waals surface area contributed by atoms with Crippen LogP contribution in [0, 0.1) is 11.8 Å². The van der Waals surface area contributed by atoms with E-state index in [4.69, 9.17) is 5.73 Å². The first-order chi connectivity index (χ1) is 9.26. The van der Waals surface area contributed by atoms with Crippen LogP contribution in [0.25, 0.3) is 0 Å². The second-order valence-corrected chi connectivity index (χ2v) is 5.43. The molecule has 1 aliphatic rings. The van der Waals surface area contributed by atoms with Crippen molar-refractivity contribution in [2.75, 3.05) is 11.9 Å². The smallest absolute Gasteiger partial charge is 0.227 e. The van der Waals surface area contributed by atoms with Crippen LogP contribution in [0.2, 0.25) is 0 Å². The molecule has 19 heavy (non-hydrogen) atoms. The van der Waals surface area contributed by atoms with Crippen molar-refractivity contribution in [1.82, 2.24) is 0 Å². The summed E-state index contributed by atoms with van der Waals surface area (Å²) in [5.74, 6) is 0.606. The van der Waals surface area contributed by atoms with Crippen LogP contribution in [-0.4, -0.2) is 12.5 Å². The van der Waals surface area contributed by atoms with Crippen LogP contribution >= 0.6 is 0 Å². The second-order valence-electron chi connectivity index (χ2n) is 5.43. The molecule has 1 aromatic carbocycles.